The van der Waals surface area contributed by atoms with Gasteiger partial charge < -0.3 is 15.8 Å². The van der Waals surface area contributed by atoms with Crippen LogP contribution in [0.15, 0.2) is 4.99 Å². The summed E-state index contributed by atoms with van der Waals surface area (Å²) in [7, 11) is 1.69. The summed E-state index contributed by atoms with van der Waals surface area (Å²) in [6.45, 7) is 4.62. The molecule has 0 fully saturated rings. The normalized spacial score (nSPS) is 11.7. The summed E-state index contributed by atoms with van der Waals surface area (Å²) in [5, 5.41) is 3.11. The van der Waals surface area contributed by atoms with E-state index < -0.39 is 0 Å². The summed E-state index contributed by atoms with van der Waals surface area (Å²) < 4.78 is 4.92. The van der Waals surface area contributed by atoms with E-state index in [2.05, 4.69) is 17.2 Å². The van der Waals surface area contributed by atoms with Crippen LogP contribution in [0.4, 0.5) is 0 Å². The number of hydrogen-bond donors (Lipinski definition) is 2. The lowest BCUT2D eigenvalue weighted by Crippen LogP contribution is -2.32. The molecule has 0 aliphatic rings. The van der Waals surface area contributed by atoms with Gasteiger partial charge in [-0.1, -0.05) is 26.2 Å². The first-order valence-electron chi connectivity index (χ1n) is 5.84. The predicted molar refractivity (Wildman–Crippen MR) is 65.1 cm³/mol. The van der Waals surface area contributed by atoms with Crippen molar-refractivity contribution >= 4 is 5.96 Å². The Morgan fingerprint density at radius 2 is 2.07 bits per heavy atom. The third kappa shape index (κ3) is 11.2. The van der Waals surface area contributed by atoms with E-state index in [1.807, 2.05) is 0 Å². The summed E-state index contributed by atoms with van der Waals surface area (Å²) in [6, 6.07) is 0. The second-order valence-corrected chi connectivity index (χ2v) is 3.60. The zero-order valence-electron chi connectivity index (χ0n) is 10.1. The first-order valence-corrected chi connectivity index (χ1v) is 5.84. The van der Waals surface area contributed by atoms with Gasteiger partial charge >= 0.3 is 0 Å². The van der Waals surface area contributed by atoms with Crippen LogP contribution in [0.3, 0.4) is 0 Å². The Hall–Kier alpha value is -0.770. The standard InChI is InChI=1S/C11H25N3O/c1-3-4-5-6-8-13-11(12)14-9-7-10-15-2/h3-10H2,1-2H3,(H3,12,13,14). The molecule has 3 N–H and O–H groups in total. The molecular formula is C11H25N3O. The molecule has 0 aromatic heterocycles. The highest BCUT2D eigenvalue weighted by atomic mass is 16.5. The lowest BCUT2D eigenvalue weighted by atomic mass is 10.2. The van der Waals surface area contributed by atoms with Gasteiger partial charge in [0.25, 0.3) is 0 Å². The molecule has 0 aromatic rings. The summed E-state index contributed by atoms with van der Waals surface area (Å²) in [5.74, 6) is 0.558. The van der Waals surface area contributed by atoms with Crippen LogP contribution in [-0.4, -0.2) is 32.8 Å². The summed E-state index contributed by atoms with van der Waals surface area (Å²) in [5.41, 5.74) is 5.67. The number of hydrogen-bond acceptors (Lipinski definition) is 2. The highest BCUT2D eigenvalue weighted by Crippen LogP contribution is 1.96. The third-order valence-corrected chi connectivity index (χ3v) is 2.13. The highest BCUT2D eigenvalue weighted by molar-refractivity contribution is 5.77. The molecule has 0 saturated carbocycles. The van der Waals surface area contributed by atoms with E-state index in [1.54, 1.807) is 7.11 Å². The minimum Gasteiger partial charge on any atom is -0.385 e. The van der Waals surface area contributed by atoms with Crippen molar-refractivity contribution in [2.24, 2.45) is 10.7 Å². The van der Waals surface area contributed by atoms with Gasteiger partial charge in [-0.3, -0.25) is 4.99 Å². The van der Waals surface area contributed by atoms with Crippen LogP contribution < -0.4 is 11.1 Å². The van der Waals surface area contributed by atoms with Gasteiger partial charge in [-0.05, 0) is 12.8 Å². The fourth-order valence-corrected chi connectivity index (χ4v) is 1.23. The Morgan fingerprint density at radius 1 is 1.27 bits per heavy atom. The van der Waals surface area contributed by atoms with Crippen LogP contribution in [0.1, 0.15) is 39.0 Å². The van der Waals surface area contributed by atoms with Gasteiger partial charge in [0, 0.05) is 26.8 Å². The molecule has 0 amide bonds. The van der Waals surface area contributed by atoms with Crippen LogP contribution in [0.25, 0.3) is 0 Å². The average Bonchev–Trinajstić information content (AvgIpc) is 2.24. The number of nitrogens with one attached hydrogen (secondary N) is 1. The van der Waals surface area contributed by atoms with Crippen LogP contribution in [0, 0.1) is 0 Å². The SMILES string of the molecule is CCCCCCNC(N)=NCCCOC. The minimum atomic E-state index is 0.558. The van der Waals surface area contributed by atoms with Crippen molar-refractivity contribution in [1.29, 1.82) is 0 Å². The minimum absolute atomic E-state index is 0.558. The maximum absolute atomic E-state index is 5.67. The predicted octanol–water partition coefficient (Wildman–Crippen LogP) is 1.51. The molecule has 0 saturated heterocycles. The molecule has 0 rings (SSSR count). The van der Waals surface area contributed by atoms with E-state index in [0.29, 0.717) is 5.96 Å². The zero-order chi connectivity index (χ0) is 11.4. The quantitative estimate of drug-likeness (QED) is 0.348. The van der Waals surface area contributed by atoms with Crippen molar-refractivity contribution in [3.8, 4) is 0 Å². The van der Waals surface area contributed by atoms with Crippen molar-refractivity contribution in [3.05, 3.63) is 0 Å². The number of unbranched alkanes of at least 4 members (excludes halogenated alkanes) is 3. The first-order chi connectivity index (χ1) is 7.31. The molecule has 15 heavy (non-hydrogen) atoms. The van der Waals surface area contributed by atoms with Crippen molar-refractivity contribution in [1.82, 2.24) is 5.32 Å². The fourth-order valence-electron chi connectivity index (χ4n) is 1.23. The third-order valence-electron chi connectivity index (χ3n) is 2.13. The Bertz CT molecular complexity index is 160. The maximum atomic E-state index is 5.67. The largest absolute Gasteiger partial charge is 0.385 e. The molecule has 0 unspecified atom stereocenters. The lowest BCUT2D eigenvalue weighted by Gasteiger charge is -2.04. The smallest absolute Gasteiger partial charge is 0.188 e. The molecule has 0 radical (unpaired) electrons. The molecule has 0 aliphatic carbocycles. The number of ether oxygens (including phenoxy) is 1. The van der Waals surface area contributed by atoms with E-state index in [-0.39, 0.29) is 0 Å². The number of methoxy groups -OCH3 is 1. The van der Waals surface area contributed by atoms with Gasteiger partial charge in [0.15, 0.2) is 5.96 Å². The van der Waals surface area contributed by atoms with Crippen molar-refractivity contribution < 1.29 is 4.74 Å². The van der Waals surface area contributed by atoms with Crippen molar-refractivity contribution in [3.63, 3.8) is 0 Å². The van der Waals surface area contributed by atoms with Crippen molar-refractivity contribution in [2.45, 2.75) is 39.0 Å². The van der Waals surface area contributed by atoms with E-state index in [9.17, 15) is 0 Å². The van der Waals surface area contributed by atoms with Gasteiger partial charge in [-0.2, -0.15) is 0 Å². The van der Waals surface area contributed by atoms with E-state index in [0.717, 1.165) is 26.1 Å². The Balaban J connectivity index is 3.26. The van der Waals surface area contributed by atoms with Gasteiger partial charge in [0.1, 0.15) is 0 Å². The summed E-state index contributed by atoms with van der Waals surface area (Å²) in [6.07, 6.45) is 5.92. The number of guanidine groups is 1. The summed E-state index contributed by atoms with van der Waals surface area (Å²) >= 11 is 0. The molecule has 4 heteroatoms. The van der Waals surface area contributed by atoms with E-state index >= 15 is 0 Å². The molecular weight excluding hydrogens is 190 g/mol. The maximum Gasteiger partial charge on any atom is 0.188 e. The number of aliphatic imine (C=N–C) groups is 1. The second-order valence-electron chi connectivity index (χ2n) is 3.60. The second kappa shape index (κ2) is 11.3. The molecule has 0 atom stereocenters. The van der Waals surface area contributed by atoms with Crippen LogP contribution in [-0.2, 0) is 4.74 Å². The average molecular weight is 215 g/mol. The Morgan fingerprint density at radius 3 is 2.73 bits per heavy atom. The molecule has 0 aromatic carbocycles. The van der Waals surface area contributed by atoms with Crippen molar-refractivity contribution in [2.75, 3.05) is 26.8 Å². The van der Waals surface area contributed by atoms with Gasteiger partial charge in [-0.25, -0.2) is 0 Å². The van der Waals surface area contributed by atoms with Crippen LogP contribution in [0.2, 0.25) is 0 Å². The zero-order valence-corrected chi connectivity index (χ0v) is 10.1. The molecule has 0 aliphatic heterocycles. The Kier molecular flexibility index (Phi) is 10.7. The highest BCUT2D eigenvalue weighted by Gasteiger charge is 1.91. The topological polar surface area (TPSA) is 59.6 Å². The van der Waals surface area contributed by atoms with Crippen LogP contribution in [0.5, 0.6) is 0 Å². The first kappa shape index (κ1) is 14.2. The van der Waals surface area contributed by atoms with E-state index in [1.165, 1.54) is 25.7 Å². The number of nitrogens with two attached hydrogens (primary N) is 1. The lowest BCUT2D eigenvalue weighted by molar-refractivity contribution is 0.197. The molecule has 0 bridgehead atoms. The van der Waals surface area contributed by atoms with Gasteiger partial charge in [0.2, 0.25) is 0 Å². The fraction of sp³-hybridized carbons (Fsp3) is 0.909. The van der Waals surface area contributed by atoms with E-state index in [4.69, 9.17) is 10.5 Å². The van der Waals surface area contributed by atoms with Gasteiger partial charge in [0.05, 0.1) is 0 Å². The monoisotopic (exact) mass is 215 g/mol. The molecule has 0 heterocycles. The molecule has 90 valence electrons. The van der Waals surface area contributed by atoms with Crippen LogP contribution >= 0.6 is 0 Å². The number of nitrogens with zero attached hydrogens (tertiary/aromatic N) is 1. The number of rotatable bonds is 9. The summed E-state index contributed by atoms with van der Waals surface area (Å²) in [4.78, 5) is 4.18. The molecule has 0 spiro atoms. The Labute approximate surface area is 93.3 Å². The molecule has 4 nitrogen and oxygen atoms in total. The van der Waals surface area contributed by atoms with Gasteiger partial charge in [-0.15, -0.1) is 0 Å².